The van der Waals surface area contributed by atoms with Crippen LogP contribution in [-0.2, 0) is 0 Å². The number of para-hydroxylation sites is 1. The molecule has 0 amide bonds. The fourth-order valence-corrected chi connectivity index (χ4v) is 2.34. The van der Waals surface area contributed by atoms with Crippen LogP contribution in [0.4, 0.5) is 15.8 Å². The monoisotopic (exact) mass is 282 g/mol. The lowest BCUT2D eigenvalue weighted by atomic mass is 10.2. The van der Waals surface area contributed by atoms with Crippen molar-refractivity contribution in [2.45, 2.75) is 0 Å². The van der Waals surface area contributed by atoms with Crippen LogP contribution in [0.2, 0.25) is 0 Å². The second-order valence-electron chi connectivity index (χ2n) is 4.88. The Labute approximate surface area is 117 Å². The second kappa shape index (κ2) is 6.62. The number of likely N-dealkylation sites (N-methyl/N-ethyl adjacent to an activating group) is 1. The summed E-state index contributed by atoms with van der Waals surface area (Å²) in [7, 11) is 1.75. The molecule has 6 nitrogen and oxygen atoms in total. The van der Waals surface area contributed by atoms with Crippen molar-refractivity contribution in [1.29, 1.82) is 0 Å². The van der Waals surface area contributed by atoms with Gasteiger partial charge in [-0.1, -0.05) is 6.07 Å². The molecule has 0 atom stereocenters. The Bertz CT molecular complexity index is 477. The van der Waals surface area contributed by atoms with Crippen LogP contribution in [0.5, 0.6) is 0 Å². The van der Waals surface area contributed by atoms with E-state index >= 15 is 0 Å². The number of nitro benzene ring substituents is 1. The molecule has 0 aromatic heterocycles. The second-order valence-corrected chi connectivity index (χ2v) is 4.88. The molecule has 0 saturated carbocycles. The van der Waals surface area contributed by atoms with Gasteiger partial charge < -0.3 is 10.2 Å². The summed E-state index contributed by atoms with van der Waals surface area (Å²) in [6.07, 6.45) is 0. The summed E-state index contributed by atoms with van der Waals surface area (Å²) in [6.45, 7) is 5.31. The minimum Gasteiger partial charge on any atom is -0.368 e. The molecule has 0 bridgehead atoms. The number of halogens is 1. The number of hydrogen-bond acceptors (Lipinski definition) is 5. The van der Waals surface area contributed by atoms with Gasteiger partial charge in [-0.15, -0.1) is 0 Å². The highest BCUT2D eigenvalue weighted by molar-refractivity contribution is 5.63. The van der Waals surface area contributed by atoms with E-state index in [4.69, 9.17) is 0 Å². The first kappa shape index (κ1) is 14.7. The molecule has 0 unspecified atom stereocenters. The van der Waals surface area contributed by atoms with Gasteiger partial charge in [-0.05, 0) is 12.1 Å². The molecule has 7 heteroatoms. The third-order valence-electron chi connectivity index (χ3n) is 3.52. The van der Waals surface area contributed by atoms with Crippen molar-refractivity contribution < 1.29 is 9.31 Å². The summed E-state index contributed by atoms with van der Waals surface area (Å²) in [5.74, 6) is -0.790. The highest BCUT2D eigenvalue weighted by Crippen LogP contribution is 2.29. The molecular formula is C13H19FN4O2. The number of piperazine rings is 1. The van der Waals surface area contributed by atoms with Crippen molar-refractivity contribution in [3.63, 3.8) is 0 Å². The quantitative estimate of drug-likeness (QED) is 0.646. The normalized spacial score (nSPS) is 16.1. The third kappa shape index (κ3) is 3.43. The summed E-state index contributed by atoms with van der Waals surface area (Å²) in [4.78, 5) is 14.3. The molecule has 1 aromatic rings. The molecule has 1 saturated heterocycles. The molecule has 0 radical (unpaired) electrons. The molecule has 1 N–H and O–H groups in total. The maximum Gasteiger partial charge on any atom is 0.327 e. The van der Waals surface area contributed by atoms with Crippen LogP contribution in [0.25, 0.3) is 0 Å². The first-order valence-corrected chi connectivity index (χ1v) is 6.66. The Morgan fingerprint density at radius 3 is 2.80 bits per heavy atom. The highest BCUT2D eigenvalue weighted by atomic mass is 19.1. The fraction of sp³-hybridized carbons (Fsp3) is 0.538. The van der Waals surface area contributed by atoms with Crippen molar-refractivity contribution in [2.24, 2.45) is 0 Å². The molecular weight excluding hydrogens is 263 g/mol. The average molecular weight is 282 g/mol. The summed E-state index contributed by atoms with van der Waals surface area (Å²) in [5.41, 5.74) is -0.125. The number of nitro groups is 1. The van der Waals surface area contributed by atoms with Crippen LogP contribution >= 0.6 is 0 Å². The molecule has 1 heterocycles. The molecule has 1 aliphatic heterocycles. The van der Waals surface area contributed by atoms with Crippen LogP contribution in [0, 0.1) is 15.9 Å². The van der Waals surface area contributed by atoms with E-state index in [9.17, 15) is 14.5 Å². The molecule has 0 aliphatic carbocycles. The minimum atomic E-state index is -0.790. The highest BCUT2D eigenvalue weighted by Gasteiger charge is 2.22. The van der Waals surface area contributed by atoms with Gasteiger partial charge in [-0.25, -0.2) is 0 Å². The van der Waals surface area contributed by atoms with Crippen molar-refractivity contribution >= 4 is 11.4 Å². The van der Waals surface area contributed by atoms with E-state index in [1.165, 1.54) is 6.07 Å². The van der Waals surface area contributed by atoms with Crippen LogP contribution in [0.15, 0.2) is 18.2 Å². The van der Waals surface area contributed by atoms with Gasteiger partial charge in [0.2, 0.25) is 5.82 Å². The zero-order valence-electron chi connectivity index (χ0n) is 11.5. The van der Waals surface area contributed by atoms with E-state index in [0.717, 1.165) is 38.8 Å². The standard InChI is InChI=1S/C13H19FN4O2/c1-16(9-10-17-7-5-15-6-8-17)12-4-2-3-11(14)13(12)18(19)20/h2-4,15H,5-10H2,1H3. The van der Waals surface area contributed by atoms with E-state index in [0.29, 0.717) is 12.2 Å². The lowest BCUT2D eigenvalue weighted by Gasteiger charge is -2.29. The first-order valence-electron chi connectivity index (χ1n) is 6.66. The Morgan fingerprint density at radius 2 is 2.15 bits per heavy atom. The molecule has 110 valence electrons. The lowest BCUT2D eigenvalue weighted by Crippen LogP contribution is -2.46. The zero-order valence-corrected chi connectivity index (χ0v) is 11.5. The van der Waals surface area contributed by atoms with Gasteiger partial charge in [-0.2, -0.15) is 4.39 Å². The molecule has 2 rings (SSSR count). The Balaban J connectivity index is 2.03. The van der Waals surface area contributed by atoms with Gasteiger partial charge >= 0.3 is 5.69 Å². The predicted molar refractivity (Wildman–Crippen MR) is 75.6 cm³/mol. The third-order valence-corrected chi connectivity index (χ3v) is 3.52. The van der Waals surface area contributed by atoms with Gasteiger partial charge in [0.1, 0.15) is 5.69 Å². The van der Waals surface area contributed by atoms with E-state index in [1.807, 2.05) is 0 Å². The van der Waals surface area contributed by atoms with Gasteiger partial charge in [0.25, 0.3) is 0 Å². The van der Waals surface area contributed by atoms with Gasteiger partial charge in [0.15, 0.2) is 0 Å². The van der Waals surface area contributed by atoms with Gasteiger partial charge in [0.05, 0.1) is 4.92 Å². The summed E-state index contributed by atoms with van der Waals surface area (Å²) in [5, 5.41) is 14.2. The fourth-order valence-electron chi connectivity index (χ4n) is 2.34. The number of benzene rings is 1. The molecule has 1 fully saturated rings. The van der Waals surface area contributed by atoms with Crippen LogP contribution in [0.1, 0.15) is 0 Å². The molecule has 1 aromatic carbocycles. The lowest BCUT2D eigenvalue weighted by molar-refractivity contribution is -0.386. The maximum absolute atomic E-state index is 13.6. The molecule has 0 spiro atoms. The number of hydrogen-bond donors (Lipinski definition) is 1. The van der Waals surface area contributed by atoms with E-state index < -0.39 is 16.4 Å². The predicted octanol–water partition coefficient (Wildman–Crippen LogP) is 1.08. The summed E-state index contributed by atoms with van der Waals surface area (Å²) < 4.78 is 13.6. The van der Waals surface area contributed by atoms with Crippen LogP contribution in [-0.4, -0.2) is 56.1 Å². The average Bonchev–Trinajstić information content (AvgIpc) is 2.45. The topological polar surface area (TPSA) is 61.6 Å². The molecule has 1 aliphatic rings. The number of rotatable bonds is 5. The van der Waals surface area contributed by atoms with Gasteiger partial charge in [0, 0.05) is 46.3 Å². The number of nitrogens with one attached hydrogen (secondary N) is 1. The molecule has 20 heavy (non-hydrogen) atoms. The Kier molecular flexibility index (Phi) is 4.86. The smallest absolute Gasteiger partial charge is 0.327 e. The van der Waals surface area contributed by atoms with E-state index in [2.05, 4.69) is 10.2 Å². The van der Waals surface area contributed by atoms with Crippen molar-refractivity contribution in [1.82, 2.24) is 10.2 Å². The number of anilines is 1. The minimum absolute atomic E-state index is 0.324. The maximum atomic E-state index is 13.6. The summed E-state index contributed by atoms with van der Waals surface area (Å²) in [6, 6.07) is 4.20. The van der Waals surface area contributed by atoms with Crippen LogP contribution < -0.4 is 10.2 Å². The van der Waals surface area contributed by atoms with E-state index in [-0.39, 0.29) is 0 Å². The zero-order chi connectivity index (χ0) is 14.5. The summed E-state index contributed by atoms with van der Waals surface area (Å²) >= 11 is 0. The van der Waals surface area contributed by atoms with E-state index in [1.54, 1.807) is 18.0 Å². The van der Waals surface area contributed by atoms with Crippen molar-refractivity contribution in [2.75, 3.05) is 51.2 Å². The largest absolute Gasteiger partial charge is 0.368 e. The number of nitrogens with zero attached hydrogens (tertiary/aromatic N) is 3. The Hall–Kier alpha value is -1.73. The van der Waals surface area contributed by atoms with Crippen molar-refractivity contribution in [3.05, 3.63) is 34.1 Å². The van der Waals surface area contributed by atoms with Crippen LogP contribution in [0.3, 0.4) is 0 Å². The van der Waals surface area contributed by atoms with Gasteiger partial charge in [-0.3, -0.25) is 15.0 Å². The van der Waals surface area contributed by atoms with Crippen molar-refractivity contribution in [3.8, 4) is 0 Å². The first-order chi connectivity index (χ1) is 9.59. The Morgan fingerprint density at radius 1 is 1.45 bits per heavy atom. The SMILES string of the molecule is CN(CCN1CCNCC1)c1cccc(F)c1[N+](=O)[O-].